The third-order valence-corrected chi connectivity index (χ3v) is 10.3. The Morgan fingerprint density at radius 2 is 1.86 bits per heavy atom. The van der Waals surface area contributed by atoms with Crippen molar-refractivity contribution in [2.24, 2.45) is 0 Å². The second-order valence-corrected chi connectivity index (χ2v) is 13.7. The minimum Gasteiger partial charge on any atom is -0.543 e. The number of fused-ring (bicyclic) bond motifs is 1. The smallest absolute Gasteiger partial charge is 0.305 e. The van der Waals surface area contributed by atoms with E-state index in [-0.39, 0.29) is 11.0 Å². The fourth-order valence-electron chi connectivity index (χ4n) is 3.10. The molecule has 0 unspecified atom stereocenters. The van der Waals surface area contributed by atoms with Crippen LogP contribution in [0.3, 0.4) is 0 Å². The molecule has 0 atom stereocenters. The number of benzene rings is 2. The molecule has 0 aliphatic rings. The van der Waals surface area contributed by atoms with Gasteiger partial charge in [-0.3, -0.25) is 4.79 Å². The molecule has 5 heteroatoms. The van der Waals surface area contributed by atoms with Crippen molar-refractivity contribution in [3.05, 3.63) is 54.2 Å². The van der Waals surface area contributed by atoms with Gasteiger partial charge in [-0.25, -0.2) is 0 Å². The first-order valence-electron chi connectivity index (χ1n) is 10.1. The number of H-pyrrole nitrogens is 1. The number of esters is 1. The Bertz CT molecular complexity index is 1010. The molecule has 1 N–H and O–H groups in total. The lowest BCUT2D eigenvalue weighted by molar-refractivity contribution is -0.140. The lowest BCUT2D eigenvalue weighted by Gasteiger charge is -2.37. The SMILES string of the molecule is COC(=O)CCc1cccc(-c2ccc3[nH]ccc3c2)c1O[Si](C)(C)C(C)(C)C. The zero-order chi connectivity index (χ0) is 21.2. The van der Waals surface area contributed by atoms with E-state index < -0.39 is 8.32 Å². The Hall–Kier alpha value is -2.53. The number of nitrogens with one attached hydrogen (secondary N) is 1. The molecule has 0 aliphatic carbocycles. The van der Waals surface area contributed by atoms with Crippen molar-refractivity contribution in [3.8, 4) is 16.9 Å². The van der Waals surface area contributed by atoms with Gasteiger partial charge in [0.1, 0.15) is 5.75 Å². The molecule has 29 heavy (non-hydrogen) atoms. The minimum absolute atomic E-state index is 0.0737. The van der Waals surface area contributed by atoms with Gasteiger partial charge in [0.25, 0.3) is 8.32 Å². The maximum Gasteiger partial charge on any atom is 0.305 e. The number of aryl methyl sites for hydroxylation is 1. The number of methoxy groups -OCH3 is 1. The molecule has 0 spiro atoms. The summed E-state index contributed by atoms with van der Waals surface area (Å²) in [4.78, 5) is 15.0. The van der Waals surface area contributed by atoms with E-state index >= 15 is 0 Å². The van der Waals surface area contributed by atoms with Gasteiger partial charge in [-0.15, -0.1) is 0 Å². The van der Waals surface area contributed by atoms with Crippen LogP contribution in [-0.2, 0) is 16.0 Å². The van der Waals surface area contributed by atoms with Crippen LogP contribution < -0.4 is 4.43 Å². The predicted octanol–water partition coefficient (Wildman–Crippen LogP) is 6.32. The topological polar surface area (TPSA) is 51.3 Å². The molecule has 1 heterocycles. The quantitative estimate of drug-likeness (QED) is 0.382. The Kier molecular flexibility index (Phi) is 5.89. The normalized spacial score (nSPS) is 12.2. The highest BCUT2D eigenvalue weighted by Crippen LogP contribution is 2.42. The summed E-state index contributed by atoms with van der Waals surface area (Å²) in [5, 5.41) is 1.24. The summed E-state index contributed by atoms with van der Waals surface area (Å²) in [5.74, 6) is 0.695. The van der Waals surface area contributed by atoms with E-state index in [1.165, 1.54) is 12.5 Å². The van der Waals surface area contributed by atoms with Gasteiger partial charge in [0.15, 0.2) is 0 Å². The zero-order valence-electron chi connectivity index (χ0n) is 18.3. The van der Waals surface area contributed by atoms with E-state index in [4.69, 9.17) is 9.16 Å². The van der Waals surface area contributed by atoms with Crippen LogP contribution in [-0.4, -0.2) is 26.4 Å². The number of aromatic amines is 1. The van der Waals surface area contributed by atoms with Gasteiger partial charge in [-0.05, 0) is 59.3 Å². The molecule has 0 bridgehead atoms. The summed E-state index contributed by atoms with van der Waals surface area (Å²) in [5.41, 5.74) is 4.35. The number of ether oxygens (including phenoxy) is 1. The van der Waals surface area contributed by atoms with Crippen LogP contribution in [0.5, 0.6) is 5.75 Å². The van der Waals surface area contributed by atoms with Crippen molar-refractivity contribution in [3.63, 3.8) is 0 Å². The Morgan fingerprint density at radius 1 is 1.10 bits per heavy atom. The molecule has 0 saturated carbocycles. The molecule has 3 aromatic rings. The molecule has 3 rings (SSSR count). The number of para-hydroxylation sites is 1. The summed E-state index contributed by atoms with van der Waals surface area (Å²) in [7, 11) is -0.640. The maximum atomic E-state index is 11.8. The van der Waals surface area contributed by atoms with Crippen molar-refractivity contribution in [2.45, 2.75) is 51.7 Å². The third-order valence-electron chi connectivity index (χ3n) is 5.95. The van der Waals surface area contributed by atoms with Gasteiger partial charge in [0, 0.05) is 23.7 Å². The molecule has 0 amide bonds. The fraction of sp³-hybridized carbons (Fsp3) is 0.375. The zero-order valence-corrected chi connectivity index (χ0v) is 19.3. The van der Waals surface area contributed by atoms with Crippen LogP contribution in [0.25, 0.3) is 22.0 Å². The van der Waals surface area contributed by atoms with Crippen LogP contribution in [0.2, 0.25) is 18.1 Å². The molecule has 1 aromatic heterocycles. The van der Waals surface area contributed by atoms with Gasteiger partial charge in [-0.2, -0.15) is 0 Å². The second-order valence-electron chi connectivity index (χ2n) is 9.01. The monoisotopic (exact) mass is 409 g/mol. The summed E-state index contributed by atoms with van der Waals surface area (Å²) in [6.45, 7) is 11.2. The first-order valence-corrected chi connectivity index (χ1v) is 13.0. The largest absolute Gasteiger partial charge is 0.543 e. The van der Waals surface area contributed by atoms with Crippen LogP contribution in [0.1, 0.15) is 32.8 Å². The van der Waals surface area contributed by atoms with Crippen molar-refractivity contribution < 1.29 is 14.0 Å². The summed E-state index contributed by atoms with van der Waals surface area (Å²) < 4.78 is 11.7. The van der Waals surface area contributed by atoms with E-state index in [1.807, 2.05) is 12.3 Å². The molecule has 0 aliphatic heterocycles. The first-order chi connectivity index (χ1) is 13.6. The van der Waals surface area contributed by atoms with Crippen LogP contribution >= 0.6 is 0 Å². The van der Waals surface area contributed by atoms with E-state index in [1.54, 1.807) is 0 Å². The highest BCUT2D eigenvalue weighted by Gasteiger charge is 2.40. The molecule has 154 valence electrons. The van der Waals surface area contributed by atoms with Gasteiger partial charge < -0.3 is 14.1 Å². The van der Waals surface area contributed by atoms with Gasteiger partial charge in [0.2, 0.25) is 0 Å². The Labute approximate surface area is 174 Å². The molecule has 2 aromatic carbocycles. The average molecular weight is 410 g/mol. The van der Waals surface area contributed by atoms with E-state index in [2.05, 4.69) is 75.2 Å². The van der Waals surface area contributed by atoms with Crippen molar-refractivity contribution >= 4 is 25.2 Å². The number of rotatable bonds is 6. The lowest BCUT2D eigenvalue weighted by Crippen LogP contribution is -2.44. The number of carbonyl (C=O) groups excluding carboxylic acids is 1. The molecule has 0 fully saturated rings. The number of aromatic nitrogens is 1. The van der Waals surface area contributed by atoms with Crippen molar-refractivity contribution in [1.29, 1.82) is 0 Å². The molecular weight excluding hydrogens is 378 g/mol. The minimum atomic E-state index is -2.07. The summed E-state index contributed by atoms with van der Waals surface area (Å²) >= 11 is 0. The van der Waals surface area contributed by atoms with Gasteiger partial charge in [-0.1, -0.05) is 45.0 Å². The summed E-state index contributed by atoms with van der Waals surface area (Å²) in [6.07, 6.45) is 2.88. The number of hydrogen-bond acceptors (Lipinski definition) is 3. The fourth-order valence-corrected chi connectivity index (χ4v) is 4.15. The lowest BCUT2D eigenvalue weighted by atomic mass is 9.98. The standard InChI is InChI=1S/C24H31NO3Si/c1-24(2,3)29(5,6)28-23-17(11-13-22(26)27-4)8-7-9-20(23)18-10-12-21-19(16-18)14-15-25-21/h7-10,12,14-16,25H,11,13H2,1-6H3. The van der Waals surface area contributed by atoms with Crippen LogP contribution in [0, 0.1) is 0 Å². The first kappa shape index (κ1) is 21.2. The highest BCUT2D eigenvalue weighted by atomic mass is 28.4. The van der Waals surface area contributed by atoms with E-state index in [0.717, 1.165) is 28.0 Å². The third kappa shape index (κ3) is 4.56. The van der Waals surface area contributed by atoms with E-state index in [0.29, 0.717) is 12.8 Å². The Balaban J connectivity index is 2.10. The van der Waals surface area contributed by atoms with Gasteiger partial charge in [0.05, 0.1) is 7.11 Å². The number of hydrogen-bond donors (Lipinski definition) is 1. The molecule has 0 radical (unpaired) electrons. The van der Waals surface area contributed by atoms with Crippen LogP contribution in [0.15, 0.2) is 48.7 Å². The Morgan fingerprint density at radius 3 is 2.55 bits per heavy atom. The second kappa shape index (κ2) is 8.07. The molecule has 0 saturated heterocycles. The van der Waals surface area contributed by atoms with Crippen molar-refractivity contribution in [2.75, 3.05) is 7.11 Å². The predicted molar refractivity (Wildman–Crippen MR) is 122 cm³/mol. The maximum absolute atomic E-state index is 11.8. The highest BCUT2D eigenvalue weighted by molar-refractivity contribution is 6.74. The van der Waals surface area contributed by atoms with Crippen molar-refractivity contribution in [1.82, 2.24) is 4.98 Å². The molecular formula is C24H31NO3Si. The van der Waals surface area contributed by atoms with Crippen LogP contribution in [0.4, 0.5) is 0 Å². The molecule has 4 nitrogen and oxygen atoms in total. The average Bonchev–Trinajstić information content (AvgIpc) is 3.13. The number of carbonyl (C=O) groups is 1. The summed E-state index contributed by atoms with van der Waals surface area (Å²) in [6, 6.07) is 14.7. The van der Waals surface area contributed by atoms with Gasteiger partial charge >= 0.3 is 5.97 Å². The van der Waals surface area contributed by atoms with E-state index in [9.17, 15) is 4.79 Å².